The summed E-state index contributed by atoms with van der Waals surface area (Å²) >= 11 is 0. The van der Waals surface area contributed by atoms with Gasteiger partial charge in [-0.25, -0.2) is 13.1 Å². The van der Waals surface area contributed by atoms with E-state index in [0.717, 1.165) is 10.9 Å². The van der Waals surface area contributed by atoms with Gasteiger partial charge in [-0.15, -0.1) is 0 Å². The van der Waals surface area contributed by atoms with E-state index in [4.69, 9.17) is 5.73 Å². The number of amides is 2. The van der Waals surface area contributed by atoms with Gasteiger partial charge >= 0.3 is 0 Å². The highest BCUT2D eigenvalue weighted by molar-refractivity contribution is 7.89. The molecule has 0 radical (unpaired) electrons. The monoisotopic (exact) mass is 563 g/mol. The third-order valence-corrected chi connectivity index (χ3v) is 8.36. The molecule has 2 amide bonds. The van der Waals surface area contributed by atoms with Crippen LogP contribution < -0.4 is 15.8 Å². The van der Waals surface area contributed by atoms with E-state index >= 15 is 0 Å². The second kappa shape index (κ2) is 12.2. The van der Waals surface area contributed by atoms with E-state index in [1.807, 2.05) is 72.8 Å². The maximum absolute atomic E-state index is 13.5. The van der Waals surface area contributed by atoms with E-state index < -0.39 is 27.9 Å². The molecule has 0 aliphatic carbocycles. The van der Waals surface area contributed by atoms with E-state index in [1.165, 1.54) is 0 Å². The average molecular weight is 564 g/mol. The molecule has 5 rings (SSSR count). The standard InChI is InChI=1S/C33H29N3O4S/c34-32(37)30(21-23-11-2-1-3-12-23)36-33(38)29-19-9-8-18-28(29)26-16-6-5-14-25(26)22-35-41(39,40)31-20-10-15-24-13-4-7-17-27(24)31/h1-20,30,35H,21-22H2,(H2,34,37)(H,36,38)/t30-/m0/s1. The molecule has 4 N–H and O–H groups in total. The van der Waals surface area contributed by atoms with Crippen molar-refractivity contribution in [1.29, 1.82) is 0 Å². The summed E-state index contributed by atoms with van der Waals surface area (Å²) in [6.45, 7) is 0.00952. The van der Waals surface area contributed by atoms with Crippen LogP contribution in [0.25, 0.3) is 21.9 Å². The Morgan fingerprint density at radius 3 is 2.12 bits per heavy atom. The molecule has 7 nitrogen and oxygen atoms in total. The van der Waals surface area contributed by atoms with Crippen LogP contribution in [0.5, 0.6) is 0 Å². The van der Waals surface area contributed by atoms with Crippen molar-refractivity contribution in [3.8, 4) is 11.1 Å². The highest BCUT2D eigenvalue weighted by atomic mass is 32.2. The molecule has 41 heavy (non-hydrogen) atoms. The molecule has 8 heteroatoms. The lowest BCUT2D eigenvalue weighted by atomic mass is 9.94. The first-order chi connectivity index (χ1) is 19.8. The SMILES string of the molecule is NC(=O)[C@H](Cc1ccccc1)NC(=O)c1ccccc1-c1ccccc1CNS(=O)(=O)c1cccc2ccccc12. The van der Waals surface area contributed by atoms with Gasteiger partial charge in [-0.3, -0.25) is 9.59 Å². The number of hydrogen-bond acceptors (Lipinski definition) is 4. The summed E-state index contributed by atoms with van der Waals surface area (Å²) in [5.74, 6) is -1.09. The lowest BCUT2D eigenvalue weighted by molar-refractivity contribution is -0.119. The number of rotatable bonds is 10. The van der Waals surface area contributed by atoms with Gasteiger partial charge in [-0.1, -0.05) is 109 Å². The molecule has 0 unspecified atom stereocenters. The molecular weight excluding hydrogens is 534 g/mol. The zero-order chi connectivity index (χ0) is 28.8. The Hall–Kier alpha value is -4.79. The van der Waals surface area contributed by atoms with Crippen molar-refractivity contribution in [2.24, 2.45) is 5.73 Å². The molecular formula is C33H29N3O4S. The van der Waals surface area contributed by atoms with Crippen molar-refractivity contribution < 1.29 is 18.0 Å². The molecule has 206 valence electrons. The summed E-state index contributed by atoms with van der Waals surface area (Å²) in [4.78, 5) is 25.8. The first-order valence-corrected chi connectivity index (χ1v) is 14.6. The van der Waals surface area contributed by atoms with Gasteiger partial charge in [0.05, 0.1) is 4.90 Å². The van der Waals surface area contributed by atoms with Gasteiger partial charge < -0.3 is 11.1 Å². The summed E-state index contributed by atoms with van der Waals surface area (Å²) in [5.41, 5.74) is 8.83. The number of hydrogen-bond donors (Lipinski definition) is 3. The fourth-order valence-corrected chi connectivity index (χ4v) is 6.08. The minimum absolute atomic E-state index is 0.00952. The molecule has 0 heterocycles. The third-order valence-electron chi connectivity index (χ3n) is 6.90. The zero-order valence-corrected chi connectivity index (χ0v) is 23.0. The molecule has 1 atom stereocenters. The number of carbonyl (C=O) groups is 2. The molecule has 0 bridgehead atoms. The van der Waals surface area contributed by atoms with Gasteiger partial charge in [0.25, 0.3) is 5.91 Å². The highest BCUT2D eigenvalue weighted by Crippen LogP contribution is 2.28. The van der Waals surface area contributed by atoms with Crippen LogP contribution in [0.1, 0.15) is 21.5 Å². The Kier molecular flexibility index (Phi) is 8.24. The maximum atomic E-state index is 13.5. The Balaban J connectivity index is 1.41. The fourth-order valence-electron chi connectivity index (χ4n) is 4.84. The fraction of sp³-hybridized carbons (Fsp3) is 0.0909. The predicted molar refractivity (Wildman–Crippen MR) is 160 cm³/mol. The first-order valence-electron chi connectivity index (χ1n) is 13.1. The Morgan fingerprint density at radius 1 is 0.707 bits per heavy atom. The van der Waals surface area contributed by atoms with Crippen LogP contribution >= 0.6 is 0 Å². The van der Waals surface area contributed by atoms with Crippen molar-refractivity contribution in [1.82, 2.24) is 10.0 Å². The Morgan fingerprint density at radius 2 is 1.34 bits per heavy atom. The van der Waals surface area contributed by atoms with Crippen LogP contribution in [0.15, 0.2) is 126 Å². The van der Waals surface area contributed by atoms with Gasteiger partial charge in [0.1, 0.15) is 6.04 Å². The molecule has 0 fully saturated rings. The number of carbonyl (C=O) groups excluding carboxylic acids is 2. The van der Waals surface area contributed by atoms with Gasteiger partial charge in [-0.2, -0.15) is 0 Å². The van der Waals surface area contributed by atoms with E-state index in [-0.39, 0.29) is 17.9 Å². The van der Waals surface area contributed by atoms with Crippen LogP contribution in [0.4, 0.5) is 0 Å². The minimum Gasteiger partial charge on any atom is -0.368 e. The second-order valence-corrected chi connectivity index (χ2v) is 11.4. The number of benzene rings is 5. The molecule has 0 aromatic heterocycles. The lowest BCUT2D eigenvalue weighted by Crippen LogP contribution is -2.46. The molecule has 0 saturated carbocycles. The maximum Gasteiger partial charge on any atom is 0.252 e. The topological polar surface area (TPSA) is 118 Å². The smallest absolute Gasteiger partial charge is 0.252 e. The largest absolute Gasteiger partial charge is 0.368 e. The Bertz CT molecular complexity index is 1820. The van der Waals surface area contributed by atoms with Gasteiger partial charge in [-0.05, 0) is 39.8 Å². The predicted octanol–water partition coefficient (Wildman–Crippen LogP) is 4.81. The molecule has 5 aromatic carbocycles. The number of fused-ring (bicyclic) bond motifs is 1. The van der Waals surface area contributed by atoms with Crippen molar-refractivity contribution in [3.63, 3.8) is 0 Å². The van der Waals surface area contributed by atoms with E-state index in [9.17, 15) is 18.0 Å². The summed E-state index contributed by atoms with van der Waals surface area (Å²) in [6.07, 6.45) is 0.261. The van der Waals surface area contributed by atoms with Gasteiger partial charge in [0.15, 0.2) is 0 Å². The van der Waals surface area contributed by atoms with Gasteiger partial charge in [0, 0.05) is 23.9 Å². The minimum atomic E-state index is -3.85. The summed E-state index contributed by atoms with van der Waals surface area (Å²) in [6, 6.07) is 35.2. The first kappa shape index (κ1) is 27.8. The Labute approximate surface area is 239 Å². The normalized spacial score (nSPS) is 12.1. The number of nitrogens with two attached hydrogens (primary N) is 1. The van der Waals surface area contributed by atoms with Crippen LogP contribution in [0.2, 0.25) is 0 Å². The van der Waals surface area contributed by atoms with Crippen molar-refractivity contribution in [3.05, 3.63) is 138 Å². The van der Waals surface area contributed by atoms with Crippen LogP contribution in [0.3, 0.4) is 0 Å². The molecule has 0 aliphatic rings. The van der Waals surface area contributed by atoms with Crippen LogP contribution in [0, 0.1) is 0 Å². The van der Waals surface area contributed by atoms with Crippen molar-refractivity contribution in [2.75, 3.05) is 0 Å². The molecule has 5 aromatic rings. The van der Waals surface area contributed by atoms with Crippen molar-refractivity contribution >= 4 is 32.6 Å². The van der Waals surface area contributed by atoms with E-state index in [0.29, 0.717) is 27.6 Å². The summed E-state index contributed by atoms with van der Waals surface area (Å²) in [7, 11) is -3.85. The van der Waals surface area contributed by atoms with Crippen LogP contribution in [-0.4, -0.2) is 26.3 Å². The molecule has 0 spiro atoms. The quantitative estimate of drug-likeness (QED) is 0.226. The van der Waals surface area contributed by atoms with Crippen LogP contribution in [-0.2, 0) is 27.8 Å². The number of primary amides is 1. The highest BCUT2D eigenvalue weighted by Gasteiger charge is 2.23. The van der Waals surface area contributed by atoms with Crippen molar-refractivity contribution in [2.45, 2.75) is 23.9 Å². The lowest BCUT2D eigenvalue weighted by Gasteiger charge is -2.18. The summed E-state index contributed by atoms with van der Waals surface area (Å²) < 4.78 is 29.4. The number of sulfonamides is 1. The summed E-state index contributed by atoms with van der Waals surface area (Å²) in [5, 5.41) is 4.25. The number of nitrogens with one attached hydrogen (secondary N) is 2. The average Bonchev–Trinajstić information content (AvgIpc) is 3.00. The van der Waals surface area contributed by atoms with E-state index in [2.05, 4.69) is 10.0 Å². The van der Waals surface area contributed by atoms with Gasteiger partial charge in [0.2, 0.25) is 15.9 Å². The molecule has 0 saturated heterocycles. The third kappa shape index (κ3) is 6.35. The van der Waals surface area contributed by atoms with E-state index in [1.54, 1.807) is 48.5 Å². The zero-order valence-electron chi connectivity index (χ0n) is 22.2. The second-order valence-electron chi connectivity index (χ2n) is 9.62. The molecule has 0 aliphatic heterocycles.